The van der Waals surface area contributed by atoms with E-state index in [1.807, 2.05) is 35.8 Å². The molecule has 7 nitrogen and oxygen atoms in total. The van der Waals surface area contributed by atoms with Crippen LogP contribution in [0.5, 0.6) is 5.75 Å². The van der Waals surface area contributed by atoms with Crippen molar-refractivity contribution in [2.45, 2.75) is 6.92 Å². The monoisotopic (exact) mass is 364 g/mol. The number of anilines is 3. The van der Waals surface area contributed by atoms with Gasteiger partial charge in [-0.2, -0.15) is 9.97 Å². The topological polar surface area (TPSA) is 90.9 Å². The smallest absolute Gasteiger partial charge is 0.239 e. The highest BCUT2D eigenvalue weighted by molar-refractivity contribution is 5.77. The molecule has 0 aliphatic rings. The van der Waals surface area contributed by atoms with E-state index in [4.69, 9.17) is 10.5 Å². The van der Waals surface area contributed by atoms with Gasteiger partial charge in [-0.15, -0.1) is 0 Å². The second-order valence-corrected chi connectivity index (χ2v) is 5.94. The van der Waals surface area contributed by atoms with Crippen molar-refractivity contribution in [3.63, 3.8) is 0 Å². The number of aryl methyl sites for hydroxylation is 1. The minimum Gasteiger partial charge on any atom is -0.494 e. The van der Waals surface area contributed by atoms with Gasteiger partial charge in [0.1, 0.15) is 17.5 Å². The van der Waals surface area contributed by atoms with Gasteiger partial charge in [0.05, 0.1) is 18.1 Å². The highest BCUT2D eigenvalue weighted by Crippen LogP contribution is 2.25. The van der Waals surface area contributed by atoms with Crippen LogP contribution in [0.15, 0.2) is 48.5 Å². The largest absolute Gasteiger partial charge is 0.494 e. The normalized spacial score (nSPS) is 10.9. The van der Waals surface area contributed by atoms with Crippen molar-refractivity contribution < 1.29 is 9.13 Å². The van der Waals surface area contributed by atoms with Crippen LogP contribution in [0, 0.1) is 12.7 Å². The fraction of sp³-hybridized carbons (Fsp3) is 0.105. The van der Waals surface area contributed by atoms with E-state index in [9.17, 15) is 4.39 Å². The summed E-state index contributed by atoms with van der Waals surface area (Å²) in [6.07, 6.45) is 0. The van der Waals surface area contributed by atoms with E-state index in [0.717, 1.165) is 16.9 Å². The SMILES string of the molecule is COc1ccc(Nc2cc(N)nc(-n3c(C)nc4ccccc43)n2)cc1F. The number of nitrogens with zero attached hydrogens (tertiary/aromatic N) is 4. The predicted molar refractivity (Wildman–Crippen MR) is 102 cm³/mol. The van der Waals surface area contributed by atoms with Crippen LogP contribution in [-0.2, 0) is 0 Å². The number of para-hydroxylation sites is 2. The number of benzene rings is 2. The maximum absolute atomic E-state index is 13.9. The van der Waals surface area contributed by atoms with Crippen molar-refractivity contribution in [3.8, 4) is 11.7 Å². The molecule has 0 fully saturated rings. The van der Waals surface area contributed by atoms with Crippen molar-refractivity contribution >= 4 is 28.4 Å². The molecule has 3 N–H and O–H groups in total. The summed E-state index contributed by atoms with van der Waals surface area (Å²) >= 11 is 0. The average molecular weight is 364 g/mol. The Labute approximate surface area is 154 Å². The Morgan fingerprint density at radius 3 is 2.67 bits per heavy atom. The van der Waals surface area contributed by atoms with Crippen molar-refractivity contribution in [2.75, 3.05) is 18.2 Å². The molecule has 4 aromatic rings. The van der Waals surface area contributed by atoms with Crippen molar-refractivity contribution in [2.24, 2.45) is 0 Å². The lowest BCUT2D eigenvalue weighted by Gasteiger charge is -2.11. The summed E-state index contributed by atoms with van der Waals surface area (Å²) < 4.78 is 20.7. The van der Waals surface area contributed by atoms with E-state index in [2.05, 4.69) is 20.3 Å². The molecule has 2 aromatic carbocycles. The summed E-state index contributed by atoms with van der Waals surface area (Å²) in [5, 5.41) is 3.05. The molecule has 2 aromatic heterocycles. The number of nitrogen functional groups attached to an aromatic ring is 1. The highest BCUT2D eigenvalue weighted by Gasteiger charge is 2.13. The molecule has 0 radical (unpaired) electrons. The molecular weight excluding hydrogens is 347 g/mol. The van der Waals surface area contributed by atoms with Crippen molar-refractivity contribution in [3.05, 3.63) is 60.2 Å². The lowest BCUT2D eigenvalue weighted by molar-refractivity contribution is 0.386. The minimum atomic E-state index is -0.471. The van der Waals surface area contributed by atoms with Gasteiger partial charge in [-0.05, 0) is 31.2 Å². The molecule has 0 saturated carbocycles. The summed E-state index contributed by atoms with van der Waals surface area (Å²) in [4.78, 5) is 13.4. The fourth-order valence-corrected chi connectivity index (χ4v) is 2.91. The van der Waals surface area contributed by atoms with E-state index >= 15 is 0 Å². The predicted octanol–water partition coefficient (Wildman–Crippen LogP) is 3.60. The van der Waals surface area contributed by atoms with Gasteiger partial charge in [-0.1, -0.05) is 12.1 Å². The third-order valence-corrected chi connectivity index (χ3v) is 4.09. The van der Waals surface area contributed by atoms with Crippen LogP contribution < -0.4 is 15.8 Å². The molecule has 0 bridgehead atoms. The summed E-state index contributed by atoms with van der Waals surface area (Å²) in [6, 6.07) is 13.8. The lowest BCUT2D eigenvalue weighted by Crippen LogP contribution is -2.07. The Bertz CT molecular complexity index is 1140. The standard InChI is InChI=1S/C19H17FN6O/c1-11-22-14-5-3-4-6-15(14)26(11)19-24-17(21)10-18(25-19)23-12-7-8-16(27-2)13(20)9-12/h3-10H,1-2H3,(H3,21,23,24,25). The quantitative estimate of drug-likeness (QED) is 0.575. The van der Waals surface area contributed by atoms with Crippen molar-refractivity contribution in [1.29, 1.82) is 0 Å². The number of imidazole rings is 1. The number of methoxy groups -OCH3 is 1. The summed E-state index contributed by atoms with van der Waals surface area (Å²) in [5.41, 5.74) is 8.21. The van der Waals surface area contributed by atoms with Gasteiger partial charge in [0.2, 0.25) is 5.95 Å². The minimum absolute atomic E-state index is 0.170. The number of aromatic nitrogens is 4. The van der Waals surface area contributed by atoms with Gasteiger partial charge in [0, 0.05) is 17.8 Å². The third-order valence-electron chi connectivity index (χ3n) is 4.09. The summed E-state index contributed by atoms with van der Waals surface area (Å²) in [7, 11) is 1.42. The number of hydrogen-bond donors (Lipinski definition) is 2. The van der Waals surface area contributed by atoms with Gasteiger partial charge in [0.25, 0.3) is 0 Å². The Morgan fingerprint density at radius 1 is 1.07 bits per heavy atom. The number of halogens is 1. The number of rotatable bonds is 4. The number of fused-ring (bicyclic) bond motifs is 1. The Morgan fingerprint density at radius 2 is 1.89 bits per heavy atom. The first kappa shape index (κ1) is 16.8. The van der Waals surface area contributed by atoms with E-state index in [1.54, 1.807) is 12.1 Å². The molecule has 27 heavy (non-hydrogen) atoms. The van der Waals surface area contributed by atoms with Gasteiger partial charge in [-0.25, -0.2) is 9.37 Å². The second-order valence-electron chi connectivity index (χ2n) is 5.94. The van der Waals surface area contributed by atoms with E-state index < -0.39 is 5.82 Å². The Balaban J connectivity index is 1.75. The van der Waals surface area contributed by atoms with Crippen molar-refractivity contribution in [1.82, 2.24) is 19.5 Å². The molecule has 0 unspecified atom stereocenters. The van der Waals surface area contributed by atoms with Crippen LogP contribution in [0.25, 0.3) is 17.0 Å². The molecule has 0 atom stereocenters. The molecule has 0 saturated heterocycles. The van der Waals surface area contributed by atoms with Crippen LogP contribution in [0.3, 0.4) is 0 Å². The molecule has 8 heteroatoms. The number of nitrogens with one attached hydrogen (secondary N) is 1. The molecule has 0 spiro atoms. The Kier molecular flexibility index (Phi) is 4.08. The van der Waals surface area contributed by atoms with Gasteiger partial charge in [0.15, 0.2) is 11.6 Å². The number of nitrogens with two attached hydrogens (primary N) is 1. The molecule has 0 aliphatic heterocycles. The number of hydrogen-bond acceptors (Lipinski definition) is 6. The van der Waals surface area contributed by atoms with Crippen LogP contribution in [0.1, 0.15) is 5.82 Å². The summed E-state index contributed by atoms with van der Waals surface area (Å²) in [5.74, 6) is 1.55. The molecule has 2 heterocycles. The molecular formula is C19H17FN6O. The van der Waals surface area contributed by atoms with Gasteiger partial charge < -0.3 is 15.8 Å². The second kappa shape index (κ2) is 6.56. The zero-order valence-electron chi connectivity index (χ0n) is 14.8. The first-order valence-corrected chi connectivity index (χ1v) is 8.25. The van der Waals surface area contributed by atoms with Crippen LogP contribution in [0.4, 0.5) is 21.7 Å². The van der Waals surface area contributed by atoms with E-state index in [1.165, 1.54) is 19.2 Å². The fourth-order valence-electron chi connectivity index (χ4n) is 2.91. The van der Waals surface area contributed by atoms with Gasteiger partial charge >= 0.3 is 0 Å². The van der Waals surface area contributed by atoms with Crippen LogP contribution >= 0.6 is 0 Å². The first-order chi connectivity index (χ1) is 13.0. The average Bonchev–Trinajstić information content (AvgIpc) is 2.97. The third kappa shape index (κ3) is 3.12. The zero-order chi connectivity index (χ0) is 19.0. The molecule has 4 rings (SSSR count). The summed E-state index contributed by atoms with van der Waals surface area (Å²) in [6.45, 7) is 1.87. The van der Waals surface area contributed by atoms with Gasteiger partial charge in [-0.3, -0.25) is 4.57 Å². The molecule has 0 amide bonds. The maximum Gasteiger partial charge on any atom is 0.239 e. The van der Waals surface area contributed by atoms with E-state index in [0.29, 0.717) is 17.5 Å². The maximum atomic E-state index is 13.9. The first-order valence-electron chi connectivity index (χ1n) is 8.25. The van der Waals surface area contributed by atoms with Crippen LogP contribution in [-0.4, -0.2) is 26.6 Å². The zero-order valence-corrected chi connectivity index (χ0v) is 14.8. The number of ether oxygens (including phenoxy) is 1. The lowest BCUT2D eigenvalue weighted by atomic mass is 10.3. The molecule has 136 valence electrons. The Hall–Kier alpha value is -3.68. The highest BCUT2D eigenvalue weighted by atomic mass is 19.1. The molecule has 0 aliphatic carbocycles. The van der Waals surface area contributed by atoms with E-state index in [-0.39, 0.29) is 11.6 Å². The van der Waals surface area contributed by atoms with Crippen LogP contribution in [0.2, 0.25) is 0 Å².